The van der Waals surface area contributed by atoms with Gasteiger partial charge in [0.05, 0.1) is 10.6 Å². The molecular formula is C20H19N3O2S2. The number of para-hydroxylation sites is 1. The number of thioether (sulfide) groups is 1. The van der Waals surface area contributed by atoms with Crippen molar-refractivity contribution in [3.63, 3.8) is 0 Å². The van der Waals surface area contributed by atoms with Crippen molar-refractivity contribution in [3.05, 3.63) is 70.6 Å². The van der Waals surface area contributed by atoms with Gasteiger partial charge >= 0.3 is 0 Å². The van der Waals surface area contributed by atoms with Gasteiger partial charge in [-0.15, -0.1) is 0 Å². The molecule has 2 amide bonds. The average Bonchev–Trinajstić information content (AvgIpc) is 2.94. The summed E-state index contributed by atoms with van der Waals surface area (Å²) in [5.41, 5.74) is 8.35. The smallest absolute Gasteiger partial charge is 0.266 e. The standard InChI is InChI=1S/C20H19N3O2S2/c1-14-7-9-15(10-8-14)13-17-19(25)23(20(26)27-17)12-11-18(24)22-21-16-5-3-2-4-6-16/h2-10,13,21H,11-12H2,1H3,(H,22,24). The summed E-state index contributed by atoms with van der Waals surface area (Å²) in [6, 6.07) is 17.2. The van der Waals surface area contributed by atoms with Crippen LogP contribution in [0.3, 0.4) is 0 Å². The number of nitrogens with one attached hydrogen (secondary N) is 2. The zero-order valence-corrected chi connectivity index (χ0v) is 16.4. The fourth-order valence-corrected chi connectivity index (χ4v) is 3.75. The lowest BCUT2D eigenvalue weighted by Gasteiger charge is -2.14. The molecule has 3 rings (SSSR count). The third-order valence-corrected chi connectivity index (χ3v) is 5.31. The van der Waals surface area contributed by atoms with Crippen LogP contribution >= 0.6 is 24.0 Å². The number of thiocarbonyl (C=S) groups is 1. The van der Waals surface area contributed by atoms with E-state index in [0.717, 1.165) is 16.8 Å². The maximum Gasteiger partial charge on any atom is 0.266 e. The summed E-state index contributed by atoms with van der Waals surface area (Å²) in [6.45, 7) is 2.26. The average molecular weight is 398 g/mol. The van der Waals surface area contributed by atoms with Gasteiger partial charge in [-0.3, -0.25) is 25.3 Å². The van der Waals surface area contributed by atoms with Crippen molar-refractivity contribution < 1.29 is 9.59 Å². The Morgan fingerprint density at radius 3 is 2.56 bits per heavy atom. The molecular weight excluding hydrogens is 378 g/mol. The molecule has 0 aromatic heterocycles. The molecule has 0 spiro atoms. The number of benzene rings is 2. The normalized spacial score (nSPS) is 15.3. The number of nitrogens with zero attached hydrogens (tertiary/aromatic N) is 1. The van der Waals surface area contributed by atoms with Gasteiger partial charge in [-0.2, -0.15) is 0 Å². The van der Waals surface area contributed by atoms with E-state index in [1.807, 2.05) is 67.6 Å². The number of hydrazine groups is 1. The maximum absolute atomic E-state index is 12.6. The highest BCUT2D eigenvalue weighted by molar-refractivity contribution is 8.26. The van der Waals surface area contributed by atoms with Crippen molar-refractivity contribution >= 4 is 51.9 Å². The van der Waals surface area contributed by atoms with Crippen LogP contribution in [0.5, 0.6) is 0 Å². The molecule has 1 heterocycles. The summed E-state index contributed by atoms with van der Waals surface area (Å²) in [7, 11) is 0. The Morgan fingerprint density at radius 2 is 1.85 bits per heavy atom. The lowest BCUT2D eigenvalue weighted by Crippen LogP contribution is -2.35. The second-order valence-corrected chi connectivity index (χ2v) is 7.71. The third-order valence-electron chi connectivity index (χ3n) is 3.93. The summed E-state index contributed by atoms with van der Waals surface area (Å²) in [4.78, 5) is 26.6. The van der Waals surface area contributed by atoms with Crippen LogP contribution in [0.15, 0.2) is 59.5 Å². The zero-order chi connectivity index (χ0) is 19.2. The van der Waals surface area contributed by atoms with Crippen LogP contribution in [0.25, 0.3) is 6.08 Å². The Balaban J connectivity index is 1.54. The molecule has 1 aliphatic heterocycles. The highest BCUT2D eigenvalue weighted by atomic mass is 32.2. The molecule has 7 heteroatoms. The molecule has 5 nitrogen and oxygen atoms in total. The van der Waals surface area contributed by atoms with Gasteiger partial charge in [0.25, 0.3) is 5.91 Å². The first kappa shape index (κ1) is 19.1. The van der Waals surface area contributed by atoms with Crippen LogP contribution in [-0.2, 0) is 9.59 Å². The van der Waals surface area contributed by atoms with E-state index in [1.54, 1.807) is 0 Å². The molecule has 0 radical (unpaired) electrons. The van der Waals surface area contributed by atoms with Gasteiger partial charge in [0.1, 0.15) is 4.32 Å². The quantitative estimate of drug-likeness (QED) is 0.442. The number of anilines is 1. The molecule has 2 aromatic carbocycles. The Kier molecular flexibility index (Phi) is 6.26. The lowest BCUT2D eigenvalue weighted by atomic mass is 10.1. The second-order valence-electron chi connectivity index (χ2n) is 6.03. The van der Waals surface area contributed by atoms with Gasteiger partial charge in [-0.05, 0) is 30.7 Å². The van der Waals surface area contributed by atoms with Crippen molar-refractivity contribution in [2.75, 3.05) is 12.0 Å². The topological polar surface area (TPSA) is 61.4 Å². The fourth-order valence-electron chi connectivity index (χ4n) is 2.45. The SMILES string of the molecule is Cc1ccc(C=C2SC(=S)N(CCC(=O)NNc3ccccc3)C2=O)cc1. The van der Waals surface area contributed by atoms with Crippen molar-refractivity contribution in [1.29, 1.82) is 0 Å². The molecule has 2 aromatic rings. The van der Waals surface area contributed by atoms with E-state index in [2.05, 4.69) is 10.9 Å². The summed E-state index contributed by atoms with van der Waals surface area (Å²) in [6.07, 6.45) is 1.99. The number of carbonyl (C=O) groups excluding carboxylic acids is 2. The third kappa shape index (κ3) is 5.18. The number of amides is 2. The Morgan fingerprint density at radius 1 is 1.15 bits per heavy atom. The van der Waals surface area contributed by atoms with E-state index >= 15 is 0 Å². The van der Waals surface area contributed by atoms with E-state index in [4.69, 9.17) is 12.2 Å². The van der Waals surface area contributed by atoms with Gasteiger partial charge in [0, 0.05) is 13.0 Å². The largest absolute Gasteiger partial charge is 0.299 e. The first-order valence-corrected chi connectivity index (χ1v) is 9.67. The molecule has 0 atom stereocenters. The van der Waals surface area contributed by atoms with Crippen LogP contribution in [0.2, 0.25) is 0 Å². The van der Waals surface area contributed by atoms with Crippen LogP contribution in [0.4, 0.5) is 5.69 Å². The summed E-state index contributed by atoms with van der Waals surface area (Å²) in [5, 5.41) is 0. The molecule has 2 N–H and O–H groups in total. The zero-order valence-electron chi connectivity index (χ0n) is 14.8. The van der Waals surface area contributed by atoms with Gasteiger partial charge in [0.2, 0.25) is 5.91 Å². The van der Waals surface area contributed by atoms with E-state index in [1.165, 1.54) is 16.7 Å². The first-order valence-electron chi connectivity index (χ1n) is 8.45. The highest BCUT2D eigenvalue weighted by Gasteiger charge is 2.32. The van der Waals surface area contributed by atoms with Crippen LogP contribution in [0, 0.1) is 6.92 Å². The Bertz CT molecular complexity index is 880. The van der Waals surface area contributed by atoms with Crippen molar-refractivity contribution in [1.82, 2.24) is 10.3 Å². The number of aryl methyl sites for hydroxylation is 1. The van der Waals surface area contributed by atoms with E-state index in [-0.39, 0.29) is 24.8 Å². The number of rotatable bonds is 6. The number of hydrogen-bond acceptors (Lipinski definition) is 5. The number of carbonyl (C=O) groups is 2. The maximum atomic E-state index is 12.6. The van der Waals surface area contributed by atoms with Gasteiger partial charge in [-0.25, -0.2) is 0 Å². The molecule has 27 heavy (non-hydrogen) atoms. The van der Waals surface area contributed by atoms with Crippen LogP contribution in [0.1, 0.15) is 17.5 Å². The predicted octanol–water partition coefficient (Wildman–Crippen LogP) is 3.73. The predicted molar refractivity (Wildman–Crippen MR) is 114 cm³/mol. The molecule has 0 unspecified atom stereocenters. The van der Waals surface area contributed by atoms with E-state index < -0.39 is 0 Å². The molecule has 1 saturated heterocycles. The lowest BCUT2D eigenvalue weighted by molar-refractivity contribution is -0.123. The molecule has 0 aliphatic carbocycles. The molecule has 0 saturated carbocycles. The van der Waals surface area contributed by atoms with Crippen molar-refractivity contribution in [2.45, 2.75) is 13.3 Å². The van der Waals surface area contributed by atoms with Gasteiger partial charge < -0.3 is 0 Å². The summed E-state index contributed by atoms with van der Waals surface area (Å²) in [5.74, 6) is -0.371. The minimum absolute atomic E-state index is 0.157. The van der Waals surface area contributed by atoms with Crippen LogP contribution < -0.4 is 10.9 Å². The van der Waals surface area contributed by atoms with Crippen molar-refractivity contribution in [2.24, 2.45) is 0 Å². The molecule has 1 fully saturated rings. The Labute approximate surface area is 167 Å². The fraction of sp³-hybridized carbons (Fsp3) is 0.150. The van der Waals surface area contributed by atoms with Crippen LogP contribution in [-0.4, -0.2) is 27.6 Å². The molecule has 1 aliphatic rings. The minimum atomic E-state index is -0.213. The van der Waals surface area contributed by atoms with Crippen molar-refractivity contribution in [3.8, 4) is 0 Å². The monoisotopic (exact) mass is 397 g/mol. The number of hydrogen-bond donors (Lipinski definition) is 2. The first-order chi connectivity index (χ1) is 13.0. The van der Waals surface area contributed by atoms with E-state index in [9.17, 15) is 9.59 Å². The second kappa shape index (κ2) is 8.83. The highest BCUT2D eigenvalue weighted by Crippen LogP contribution is 2.32. The Hall–Kier alpha value is -2.64. The summed E-state index contributed by atoms with van der Waals surface area (Å²) >= 11 is 6.57. The molecule has 0 bridgehead atoms. The molecule has 138 valence electrons. The van der Waals surface area contributed by atoms with E-state index in [0.29, 0.717) is 9.23 Å². The van der Waals surface area contributed by atoms with Gasteiger partial charge in [-0.1, -0.05) is 72.0 Å². The van der Waals surface area contributed by atoms with Gasteiger partial charge in [0.15, 0.2) is 0 Å². The summed E-state index contributed by atoms with van der Waals surface area (Å²) < 4.78 is 0.474. The minimum Gasteiger partial charge on any atom is -0.299 e.